The number of ketones is 2. The SMILES string of the molecule is C=N[C@@H](CCC)C(=O)C(C)=O. The van der Waals surface area contributed by atoms with Crippen LogP contribution < -0.4 is 0 Å². The Kier molecular flexibility index (Phi) is 4.34. The fourth-order valence-electron chi connectivity index (χ4n) is 0.813. The van der Waals surface area contributed by atoms with Crippen LogP contribution in [0.25, 0.3) is 0 Å². The molecule has 0 amide bonds. The number of aliphatic imine (C=N–C) groups is 1. The summed E-state index contributed by atoms with van der Waals surface area (Å²) in [7, 11) is 0. The van der Waals surface area contributed by atoms with Crippen LogP contribution in [0.1, 0.15) is 26.7 Å². The Morgan fingerprint density at radius 3 is 2.36 bits per heavy atom. The van der Waals surface area contributed by atoms with Gasteiger partial charge in [-0.15, -0.1) is 0 Å². The molecule has 0 unspecified atom stereocenters. The van der Waals surface area contributed by atoms with E-state index in [1.54, 1.807) is 0 Å². The lowest BCUT2D eigenvalue weighted by molar-refractivity contribution is -0.136. The molecule has 0 bridgehead atoms. The second-order valence-electron chi connectivity index (χ2n) is 2.41. The summed E-state index contributed by atoms with van der Waals surface area (Å²) >= 11 is 0. The van der Waals surface area contributed by atoms with Gasteiger partial charge in [-0.05, 0) is 13.1 Å². The number of hydrogen-bond donors (Lipinski definition) is 0. The van der Waals surface area contributed by atoms with E-state index in [-0.39, 0.29) is 0 Å². The van der Waals surface area contributed by atoms with Crippen LogP contribution in [0.2, 0.25) is 0 Å². The van der Waals surface area contributed by atoms with Crippen molar-refractivity contribution in [1.29, 1.82) is 0 Å². The minimum atomic E-state index is -0.516. The highest BCUT2D eigenvalue weighted by Crippen LogP contribution is 2.02. The summed E-state index contributed by atoms with van der Waals surface area (Å²) in [4.78, 5) is 25.1. The van der Waals surface area contributed by atoms with Crippen LogP contribution >= 0.6 is 0 Å². The third-order valence-corrected chi connectivity index (χ3v) is 1.43. The maximum Gasteiger partial charge on any atom is 0.222 e. The van der Waals surface area contributed by atoms with Crippen LogP contribution in [0.3, 0.4) is 0 Å². The lowest BCUT2D eigenvalue weighted by Gasteiger charge is -2.05. The summed E-state index contributed by atoms with van der Waals surface area (Å²) in [6, 6.07) is -0.516. The van der Waals surface area contributed by atoms with Gasteiger partial charge in [0.2, 0.25) is 5.78 Å². The first-order valence-corrected chi connectivity index (χ1v) is 3.64. The maximum absolute atomic E-state index is 11.0. The highest BCUT2D eigenvalue weighted by Gasteiger charge is 2.18. The average Bonchev–Trinajstić information content (AvgIpc) is 1.98. The largest absolute Gasteiger partial charge is 0.291 e. The summed E-state index contributed by atoms with van der Waals surface area (Å²) in [5.74, 6) is -0.863. The standard InChI is InChI=1S/C8H13NO2/c1-4-5-7(9-3)8(11)6(2)10/h7H,3-5H2,1-2H3/t7-/m0/s1. The van der Waals surface area contributed by atoms with Crippen molar-refractivity contribution in [3.8, 4) is 0 Å². The molecule has 0 saturated carbocycles. The monoisotopic (exact) mass is 155 g/mol. The van der Waals surface area contributed by atoms with Crippen molar-refractivity contribution in [3.63, 3.8) is 0 Å². The first kappa shape index (κ1) is 10.0. The van der Waals surface area contributed by atoms with Crippen molar-refractivity contribution >= 4 is 18.3 Å². The normalized spacial score (nSPS) is 12.2. The number of carbonyl (C=O) groups excluding carboxylic acids is 2. The van der Waals surface area contributed by atoms with Gasteiger partial charge in [-0.2, -0.15) is 0 Å². The van der Waals surface area contributed by atoms with Gasteiger partial charge in [0, 0.05) is 6.92 Å². The number of nitrogens with zero attached hydrogens (tertiary/aromatic N) is 1. The van der Waals surface area contributed by atoms with E-state index in [2.05, 4.69) is 11.7 Å². The maximum atomic E-state index is 11.0. The van der Waals surface area contributed by atoms with Gasteiger partial charge in [0.15, 0.2) is 5.78 Å². The van der Waals surface area contributed by atoms with Gasteiger partial charge in [0.05, 0.1) is 0 Å². The van der Waals surface area contributed by atoms with Crippen molar-refractivity contribution in [2.45, 2.75) is 32.7 Å². The Hall–Kier alpha value is -0.990. The smallest absolute Gasteiger partial charge is 0.222 e. The minimum absolute atomic E-state index is 0.429. The van der Waals surface area contributed by atoms with Crippen LogP contribution in [-0.4, -0.2) is 24.3 Å². The van der Waals surface area contributed by atoms with E-state index in [9.17, 15) is 9.59 Å². The summed E-state index contributed by atoms with van der Waals surface area (Å²) in [6.07, 6.45) is 1.45. The fraction of sp³-hybridized carbons (Fsp3) is 0.625. The molecule has 11 heavy (non-hydrogen) atoms. The zero-order valence-electron chi connectivity index (χ0n) is 6.96. The third kappa shape index (κ3) is 3.07. The molecule has 0 radical (unpaired) electrons. The summed E-state index contributed by atoms with van der Waals surface area (Å²) < 4.78 is 0. The first-order valence-electron chi connectivity index (χ1n) is 3.64. The second kappa shape index (κ2) is 4.77. The molecule has 0 aliphatic heterocycles. The van der Waals surface area contributed by atoms with E-state index in [0.29, 0.717) is 6.42 Å². The number of carbonyl (C=O) groups is 2. The molecule has 3 nitrogen and oxygen atoms in total. The van der Waals surface area contributed by atoms with Gasteiger partial charge in [0.25, 0.3) is 0 Å². The predicted molar refractivity (Wildman–Crippen MR) is 43.9 cm³/mol. The fourth-order valence-corrected chi connectivity index (χ4v) is 0.813. The van der Waals surface area contributed by atoms with E-state index in [1.807, 2.05) is 6.92 Å². The Labute approximate surface area is 66.5 Å². The lowest BCUT2D eigenvalue weighted by atomic mass is 10.1. The van der Waals surface area contributed by atoms with Crippen LogP contribution in [0.15, 0.2) is 4.99 Å². The molecule has 0 saturated heterocycles. The Balaban J connectivity index is 4.13. The predicted octanol–water partition coefficient (Wildman–Crippen LogP) is 1.01. The third-order valence-electron chi connectivity index (χ3n) is 1.43. The summed E-state index contributed by atoms with van der Waals surface area (Å²) in [5.41, 5.74) is 0. The van der Waals surface area contributed by atoms with E-state index in [4.69, 9.17) is 0 Å². The molecule has 0 aromatic rings. The molecule has 62 valence electrons. The van der Waals surface area contributed by atoms with Gasteiger partial charge in [-0.1, -0.05) is 13.3 Å². The molecular formula is C8H13NO2. The van der Waals surface area contributed by atoms with Crippen LogP contribution in [0.4, 0.5) is 0 Å². The van der Waals surface area contributed by atoms with Gasteiger partial charge in [-0.25, -0.2) is 0 Å². The highest BCUT2D eigenvalue weighted by atomic mass is 16.2. The number of rotatable bonds is 5. The molecule has 1 atom stereocenters. The molecule has 0 aliphatic carbocycles. The van der Waals surface area contributed by atoms with Crippen molar-refractivity contribution in [1.82, 2.24) is 0 Å². The lowest BCUT2D eigenvalue weighted by Crippen LogP contribution is -2.24. The molecule has 0 N–H and O–H groups in total. The van der Waals surface area contributed by atoms with Gasteiger partial charge >= 0.3 is 0 Å². The van der Waals surface area contributed by atoms with Crippen LogP contribution in [-0.2, 0) is 9.59 Å². The van der Waals surface area contributed by atoms with E-state index < -0.39 is 17.6 Å². The van der Waals surface area contributed by atoms with Crippen molar-refractivity contribution in [3.05, 3.63) is 0 Å². The topological polar surface area (TPSA) is 46.5 Å². The van der Waals surface area contributed by atoms with E-state index in [0.717, 1.165) is 6.42 Å². The quantitative estimate of drug-likeness (QED) is 0.439. The van der Waals surface area contributed by atoms with Crippen molar-refractivity contribution in [2.75, 3.05) is 0 Å². The Morgan fingerprint density at radius 2 is 2.09 bits per heavy atom. The van der Waals surface area contributed by atoms with E-state index in [1.165, 1.54) is 6.92 Å². The van der Waals surface area contributed by atoms with Gasteiger partial charge in [-0.3, -0.25) is 14.6 Å². The molecule has 3 heteroatoms. The van der Waals surface area contributed by atoms with Crippen molar-refractivity contribution < 1.29 is 9.59 Å². The molecule has 0 aliphatic rings. The molecule has 0 fully saturated rings. The second-order valence-corrected chi connectivity index (χ2v) is 2.41. The first-order chi connectivity index (χ1) is 5.13. The summed E-state index contributed by atoms with van der Waals surface area (Å²) in [5, 5.41) is 0. The van der Waals surface area contributed by atoms with Crippen LogP contribution in [0, 0.1) is 0 Å². The number of Topliss-reactive ketones (excluding diaryl/α,β-unsaturated/α-hetero) is 2. The molecule has 0 spiro atoms. The zero-order valence-corrected chi connectivity index (χ0v) is 6.96. The molecule has 0 aromatic carbocycles. The molecule has 0 heterocycles. The van der Waals surface area contributed by atoms with Gasteiger partial charge in [0.1, 0.15) is 6.04 Å². The minimum Gasteiger partial charge on any atom is -0.291 e. The average molecular weight is 155 g/mol. The molecular weight excluding hydrogens is 142 g/mol. The number of hydrogen-bond acceptors (Lipinski definition) is 3. The van der Waals surface area contributed by atoms with E-state index >= 15 is 0 Å². The summed E-state index contributed by atoms with van der Waals surface area (Å²) in [6.45, 7) is 6.46. The molecule has 0 rings (SSSR count). The highest BCUT2D eigenvalue weighted by molar-refractivity contribution is 6.38. The molecule has 0 aromatic heterocycles. The van der Waals surface area contributed by atoms with Gasteiger partial charge < -0.3 is 0 Å². The Bertz CT molecular complexity index is 175. The van der Waals surface area contributed by atoms with Crippen molar-refractivity contribution in [2.24, 2.45) is 4.99 Å². The zero-order chi connectivity index (χ0) is 8.85. The Morgan fingerprint density at radius 1 is 1.55 bits per heavy atom. The van der Waals surface area contributed by atoms with Crippen LogP contribution in [0.5, 0.6) is 0 Å².